The Balaban J connectivity index is 1.59. The average molecular weight is 548 g/mol. The fourth-order valence-electron chi connectivity index (χ4n) is 7.06. The van der Waals surface area contributed by atoms with Crippen LogP contribution in [-0.4, -0.2) is 55.1 Å². The molecule has 6 atom stereocenters. The molecule has 39 heavy (non-hydrogen) atoms. The number of unbranched alkanes of at least 4 members (excludes halogenated alkanes) is 6. The Morgan fingerprint density at radius 3 is 2.26 bits per heavy atom. The Bertz CT molecular complexity index is 852. The lowest BCUT2D eigenvalue weighted by molar-refractivity contribution is -0.199. The molecule has 1 saturated heterocycles. The number of rotatable bonds is 16. The summed E-state index contributed by atoms with van der Waals surface area (Å²) in [6, 6.07) is -0.855. The normalized spacial score (nSPS) is 28.3. The fourth-order valence-corrected chi connectivity index (χ4v) is 7.06. The van der Waals surface area contributed by atoms with Gasteiger partial charge in [0.05, 0.1) is 17.6 Å². The molecule has 222 valence electrons. The van der Waals surface area contributed by atoms with Crippen LogP contribution in [0.1, 0.15) is 119 Å². The maximum atomic E-state index is 13.5. The van der Waals surface area contributed by atoms with Crippen molar-refractivity contribution >= 4 is 24.8 Å². The lowest BCUT2D eigenvalue weighted by Crippen LogP contribution is -2.65. The smallest absolute Gasteiger partial charge is 0.404 e. The molecule has 0 aromatic heterocycles. The minimum atomic E-state index is -0.855. The van der Waals surface area contributed by atoms with Gasteiger partial charge in [0.15, 0.2) is 0 Å². The second-order valence-corrected chi connectivity index (χ2v) is 13.5. The van der Waals surface area contributed by atoms with Gasteiger partial charge in [-0.2, -0.15) is 0 Å². The highest BCUT2D eigenvalue weighted by Crippen LogP contribution is 2.65. The first-order chi connectivity index (χ1) is 18.4. The molecule has 0 radical (unpaired) electrons. The molecule has 0 aromatic carbocycles. The second-order valence-electron chi connectivity index (χ2n) is 13.5. The van der Waals surface area contributed by atoms with Crippen LogP contribution in [0.25, 0.3) is 0 Å². The van der Waals surface area contributed by atoms with Gasteiger partial charge < -0.3 is 25.3 Å². The summed E-state index contributed by atoms with van der Waals surface area (Å²) in [5.74, 6) is 0.322. The van der Waals surface area contributed by atoms with Gasteiger partial charge in [0.25, 0.3) is 0 Å². The van der Waals surface area contributed by atoms with E-state index in [2.05, 4.69) is 57.5 Å². The van der Waals surface area contributed by atoms with Crippen LogP contribution >= 0.6 is 0 Å². The molecule has 9 heteroatoms. The predicted octanol–water partition coefficient (Wildman–Crippen LogP) is 4.55. The molecule has 3 aliphatic carbocycles. The topological polar surface area (TPSA) is 106 Å². The van der Waals surface area contributed by atoms with Crippen LogP contribution < -0.4 is 16.0 Å². The lowest BCUT2D eigenvalue weighted by atomic mass is 9.43. The summed E-state index contributed by atoms with van der Waals surface area (Å²) in [5.41, 5.74) is -0.118. The summed E-state index contributed by atoms with van der Waals surface area (Å²) < 4.78 is 13.2. The van der Waals surface area contributed by atoms with Crippen molar-refractivity contribution in [1.82, 2.24) is 16.0 Å². The summed E-state index contributed by atoms with van der Waals surface area (Å²) in [5, 5.41) is 8.71. The van der Waals surface area contributed by atoms with Crippen LogP contribution in [0.15, 0.2) is 0 Å². The van der Waals surface area contributed by atoms with Crippen LogP contribution in [0.5, 0.6) is 0 Å². The molecule has 1 aliphatic heterocycles. The summed E-state index contributed by atoms with van der Waals surface area (Å²) in [6.07, 6.45) is 11.1. The van der Waals surface area contributed by atoms with E-state index in [0.29, 0.717) is 30.6 Å². The molecule has 8 nitrogen and oxygen atoms in total. The molecule has 1 heterocycles. The molecule has 0 unspecified atom stereocenters. The SMILES string of the molecule is CCCCCCCCCC(=O)N[C@@H](CNC(C)=O)C(=O)N[C@@H](CC(C)C)B1O[C@@H]2C[C@H]3C[C@H](C3(C)C)[C@]2(C)O1. The van der Waals surface area contributed by atoms with Crippen molar-refractivity contribution < 1.29 is 23.7 Å². The van der Waals surface area contributed by atoms with E-state index in [4.69, 9.17) is 9.31 Å². The molecule has 3 saturated carbocycles. The molecular weight excluding hydrogens is 493 g/mol. The van der Waals surface area contributed by atoms with E-state index < -0.39 is 13.2 Å². The number of hydrogen-bond acceptors (Lipinski definition) is 5. The minimum Gasteiger partial charge on any atom is -0.404 e. The average Bonchev–Trinajstić information content (AvgIpc) is 3.22. The molecule has 3 amide bonds. The Labute approximate surface area is 237 Å². The van der Waals surface area contributed by atoms with Gasteiger partial charge in [-0.25, -0.2) is 0 Å². The lowest BCUT2D eigenvalue weighted by Gasteiger charge is -2.64. The number of nitrogens with one attached hydrogen (secondary N) is 3. The Kier molecular flexibility index (Phi) is 11.3. The Morgan fingerprint density at radius 1 is 0.974 bits per heavy atom. The van der Waals surface area contributed by atoms with E-state index in [1.807, 2.05) is 0 Å². The summed E-state index contributed by atoms with van der Waals surface area (Å²) in [4.78, 5) is 37.8. The predicted molar refractivity (Wildman–Crippen MR) is 155 cm³/mol. The van der Waals surface area contributed by atoms with Gasteiger partial charge in [-0.05, 0) is 55.8 Å². The highest BCUT2D eigenvalue weighted by Gasteiger charge is 2.68. The summed E-state index contributed by atoms with van der Waals surface area (Å²) in [7, 11) is -0.536. The summed E-state index contributed by atoms with van der Waals surface area (Å²) in [6.45, 7) is 14.7. The highest BCUT2D eigenvalue weighted by atomic mass is 16.7. The van der Waals surface area contributed by atoms with Gasteiger partial charge in [0.1, 0.15) is 6.04 Å². The van der Waals surface area contributed by atoms with Gasteiger partial charge >= 0.3 is 7.12 Å². The maximum absolute atomic E-state index is 13.5. The van der Waals surface area contributed by atoms with Crippen molar-refractivity contribution in [3.05, 3.63) is 0 Å². The zero-order chi connectivity index (χ0) is 28.8. The molecule has 4 fully saturated rings. The van der Waals surface area contributed by atoms with Crippen molar-refractivity contribution in [2.45, 2.75) is 143 Å². The minimum absolute atomic E-state index is 0.0303. The molecule has 2 bridgehead atoms. The van der Waals surface area contributed by atoms with E-state index in [1.54, 1.807) is 0 Å². The van der Waals surface area contributed by atoms with Crippen LogP contribution in [-0.2, 0) is 23.7 Å². The number of amides is 3. The molecule has 4 aliphatic rings. The van der Waals surface area contributed by atoms with Crippen LogP contribution in [0.3, 0.4) is 0 Å². The largest absolute Gasteiger partial charge is 0.481 e. The zero-order valence-electron chi connectivity index (χ0n) is 25.6. The fraction of sp³-hybridized carbons (Fsp3) is 0.900. The monoisotopic (exact) mass is 547 g/mol. The highest BCUT2D eigenvalue weighted by molar-refractivity contribution is 6.48. The van der Waals surface area contributed by atoms with Gasteiger partial charge in [-0.3, -0.25) is 14.4 Å². The quantitative estimate of drug-likeness (QED) is 0.194. The first kappa shape index (κ1) is 31.9. The second kappa shape index (κ2) is 13.8. The van der Waals surface area contributed by atoms with Crippen molar-refractivity contribution in [3.63, 3.8) is 0 Å². The van der Waals surface area contributed by atoms with Crippen molar-refractivity contribution in [2.75, 3.05) is 6.54 Å². The van der Waals surface area contributed by atoms with Crippen LogP contribution in [0.2, 0.25) is 0 Å². The van der Waals surface area contributed by atoms with E-state index in [-0.39, 0.29) is 47.3 Å². The third kappa shape index (κ3) is 7.99. The first-order valence-corrected chi connectivity index (χ1v) is 15.6. The van der Waals surface area contributed by atoms with Gasteiger partial charge in [-0.1, -0.05) is 73.1 Å². The molecule has 0 spiro atoms. The Hall–Kier alpha value is -1.61. The van der Waals surface area contributed by atoms with E-state index in [9.17, 15) is 14.4 Å². The Morgan fingerprint density at radius 2 is 1.64 bits per heavy atom. The third-order valence-electron chi connectivity index (χ3n) is 9.56. The molecular formula is C30H54BN3O5. The van der Waals surface area contributed by atoms with Crippen LogP contribution in [0.4, 0.5) is 0 Å². The third-order valence-corrected chi connectivity index (χ3v) is 9.56. The van der Waals surface area contributed by atoms with Gasteiger partial charge in [-0.15, -0.1) is 0 Å². The van der Waals surface area contributed by atoms with Crippen molar-refractivity contribution in [2.24, 2.45) is 23.2 Å². The molecule has 4 rings (SSSR count). The zero-order valence-corrected chi connectivity index (χ0v) is 25.6. The van der Waals surface area contributed by atoms with Crippen molar-refractivity contribution in [3.8, 4) is 0 Å². The van der Waals surface area contributed by atoms with Gasteiger partial charge in [0, 0.05) is 19.9 Å². The maximum Gasteiger partial charge on any atom is 0.481 e. The standard InChI is InChI=1S/C30H54BN3O5/c1-8-9-10-11-12-13-14-15-27(36)33-23(19-32-21(4)35)28(37)34-26(16-20(2)3)31-38-25-18-22-17-24(29(22,5)6)30(25,7)39-31/h20,22-26H,8-19H2,1-7H3,(H,32,35)(H,33,36)(H,34,37)/t22-,23+,24-,25-,26+,30+/m1/s1. The number of carbonyl (C=O) groups is 3. The van der Waals surface area contributed by atoms with E-state index in [0.717, 1.165) is 25.7 Å². The van der Waals surface area contributed by atoms with E-state index in [1.165, 1.54) is 39.0 Å². The first-order valence-electron chi connectivity index (χ1n) is 15.6. The van der Waals surface area contributed by atoms with Crippen molar-refractivity contribution in [1.29, 1.82) is 0 Å². The number of carbonyl (C=O) groups excluding carboxylic acids is 3. The van der Waals surface area contributed by atoms with E-state index >= 15 is 0 Å². The molecule has 3 N–H and O–H groups in total. The van der Waals surface area contributed by atoms with Crippen LogP contribution in [0, 0.1) is 23.2 Å². The number of hydrogen-bond donors (Lipinski definition) is 3. The summed E-state index contributed by atoms with van der Waals surface area (Å²) >= 11 is 0. The molecule has 0 aromatic rings. The van der Waals surface area contributed by atoms with Gasteiger partial charge in [0.2, 0.25) is 17.7 Å².